The van der Waals surface area contributed by atoms with Crippen LogP contribution in [0, 0.1) is 0 Å². The van der Waals surface area contributed by atoms with Crippen molar-refractivity contribution in [1.82, 2.24) is 9.80 Å². The van der Waals surface area contributed by atoms with Crippen LogP contribution in [-0.4, -0.2) is 34.7 Å². The molecule has 5 nitrogen and oxygen atoms in total. The average Bonchev–Trinajstić information content (AvgIpc) is 3.34. The van der Waals surface area contributed by atoms with Gasteiger partial charge in [0.15, 0.2) is 0 Å². The van der Waals surface area contributed by atoms with E-state index < -0.39 is 0 Å². The van der Waals surface area contributed by atoms with Gasteiger partial charge in [0.2, 0.25) is 0 Å². The topological polar surface area (TPSA) is 53.8 Å². The van der Waals surface area contributed by atoms with Crippen molar-refractivity contribution in [2.75, 3.05) is 13.1 Å². The summed E-state index contributed by atoms with van der Waals surface area (Å²) in [6.45, 7) is 1.72. The molecule has 2 aromatic rings. The Morgan fingerprint density at radius 1 is 1.00 bits per heavy atom. The lowest BCUT2D eigenvalue weighted by Crippen LogP contribution is -2.33. The third-order valence-electron chi connectivity index (χ3n) is 4.59. The summed E-state index contributed by atoms with van der Waals surface area (Å²) in [4.78, 5) is 29.3. The predicted molar refractivity (Wildman–Crippen MR) is 93.4 cm³/mol. The zero-order chi connectivity index (χ0) is 17.4. The summed E-state index contributed by atoms with van der Waals surface area (Å²) in [6.07, 6.45) is 3.59. The molecule has 0 radical (unpaired) electrons. The van der Waals surface area contributed by atoms with E-state index >= 15 is 0 Å². The maximum Gasteiger partial charge on any atom is 0.278 e. The molecule has 0 bridgehead atoms. The van der Waals surface area contributed by atoms with E-state index in [1.54, 1.807) is 36.4 Å². The monoisotopic (exact) mass is 356 g/mol. The first-order valence-corrected chi connectivity index (χ1v) is 8.66. The van der Waals surface area contributed by atoms with Crippen molar-refractivity contribution in [2.24, 2.45) is 0 Å². The van der Waals surface area contributed by atoms with Gasteiger partial charge in [0.1, 0.15) is 11.5 Å². The summed E-state index contributed by atoms with van der Waals surface area (Å²) in [7, 11) is 0. The molecule has 0 unspecified atom stereocenters. The molecule has 0 N–H and O–H groups in total. The Bertz CT molecular complexity index is 834. The maximum absolute atomic E-state index is 13.0. The van der Waals surface area contributed by atoms with Crippen LogP contribution in [0.3, 0.4) is 0 Å². The average molecular weight is 357 g/mol. The fourth-order valence-corrected chi connectivity index (χ4v) is 3.50. The second kappa shape index (κ2) is 6.41. The van der Waals surface area contributed by atoms with E-state index in [0.717, 1.165) is 25.9 Å². The fourth-order valence-electron chi connectivity index (χ4n) is 3.38. The number of carbonyl (C=O) groups excluding carboxylic acids is 2. The molecule has 1 aromatic carbocycles. The van der Waals surface area contributed by atoms with Crippen LogP contribution in [0.15, 0.2) is 52.8 Å². The number of carbonyl (C=O) groups is 2. The Kier molecular flexibility index (Phi) is 4.09. The SMILES string of the molecule is O=C1C(c2ccc(Cl)cc2)=C(N2CCCC2)C(=O)N1Cc1ccco1. The summed E-state index contributed by atoms with van der Waals surface area (Å²) in [5.41, 5.74) is 1.66. The Hall–Kier alpha value is -2.53. The van der Waals surface area contributed by atoms with Crippen molar-refractivity contribution in [3.8, 4) is 0 Å². The highest BCUT2D eigenvalue weighted by Gasteiger charge is 2.42. The zero-order valence-corrected chi connectivity index (χ0v) is 14.3. The third kappa shape index (κ3) is 2.85. The van der Waals surface area contributed by atoms with Crippen molar-refractivity contribution in [3.63, 3.8) is 0 Å². The number of benzene rings is 1. The lowest BCUT2D eigenvalue weighted by atomic mass is 10.0. The maximum atomic E-state index is 13.0. The van der Waals surface area contributed by atoms with E-state index in [4.69, 9.17) is 16.0 Å². The Morgan fingerprint density at radius 2 is 1.72 bits per heavy atom. The summed E-state index contributed by atoms with van der Waals surface area (Å²) in [5, 5.41) is 0.594. The number of nitrogens with zero attached hydrogens (tertiary/aromatic N) is 2. The Morgan fingerprint density at radius 3 is 2.36 bits per heavy atom. The molecule has 25 heavy (non-hydrogen) atoms. The molecular weight excluding hydrogens is 340 g/mol. The van der Waals surface area contributed by atoms with Gasteiger partial charge in [-0.1, -0.05) is 23.7 Å². The van der Waals surface area contributed by atoms with Crippen molar-refractivity contribution >= 4 is 29.0 Å². The molecule has 2 aliphatic rings. The summed E-state index contributed by atoms with van der Waals surface area (Å²) in [6, 6.07) is 10.5. The second-order valence-corrected chi connectivity index (χ2v) is 6.64. The highest BCUT2D eigenvalue weighted by Crippen LogP contribution is 2.34. The van der Waals surface area contributed by atoms with E-state index in [9.17, 15) is 9.59 Å². The zero-order valence-electron chi connectivity index (χ0n) is 13.6. The van der Waals surface area contributed by atoms with Gasteiger partial charge in [-0.2, -0.15) is 0 Å². The predicted octanol–water partition coefficient (Wildman–Crippen LogP) is 3.31. The summed E-state index contributed by atoms with van der Waals surface area (Å²) in [5.74, 6) is 0.0405. The molecule has 1 aromatic heterocycles. The number of imide groups is 1. The van der Waals surface area contributed by atoms with Crippen molar-refractivity contribution < 1.29 is 14.0 Å². The Labute approximate surface area is 150 Å². The van der Waals surface area contributed by atoms with Crippen molar-refractivity contribution in [3.05, 3.63) is 64.7 Å². The molecule has 4 rings (SSSR count). The number of rotatable bonds is 4. The highest BCUT2D eigenvalue weighted by molar-refractivity contribution is 6.35. The molecule has 3 heterocycles. The van der Waals surface area contributed by atoms with Crippen LogP contribution in [-0.2, 0) is 16.1 Å². The van der Waals surface area contributed by atoms with E-state index in [1.807, 2.05) is 4.90 Å². The normalized spacial score (nSPS) is 18.0. The van der Waals surface area contributed by atoms with Gasteiger partial charge in [-0.3, -0.25) is 14.5 Å². The molecule has 1 fully saturated rings. The number of hydrogen-bond donors (Lipinski definition) is 0. The minimum absolute atomic E-state index is 0.138. The highest BCUT2D eigenvalue weighted by atomic mass is 35.5. The largest absolute Gasteiger partial charge is 0.467 e. The Balaban J connectivity index is 1.75. The quantitative estimate of drug-likeness (QED) is 0.789. The van der Waals surface area contributed by atoms with E-state index in [-0.39, 0.29) is 18.4 Å². The van der Waals surface area contributed by atoms with Gasteiger partial charge in [0.25, 0.3) is 11.8 Å². The van der Waals surface area contributed by atoms with Crippen LogP contribution in [0.25, 0.3) is 5.57 Å². The van der Waals surface area contributed by atoms with Gasteiger partial charge >= 0.3 is 0 Å². The van der Waals surface area contributed by atoms with Gasteiger partial charge in [-0.25, -0.2) is 0 Å². The molecular formula is C19H17ClN2O3. The smallest absolute Gasteiger partial charge is 0.278 e. The lowest BCUT2D eigenvalue weighted by Gasteiger charge is -2.19. The second-order valence-electron chi connectivity index (χ2n) is 6.20. The molecule has 128 valence electrons. The molecule has 0 aliphatic carbocycles. The number of furan rings is 1. The van der Waals surface area contributed by atoms with Crippen LogP contribution in [0.5, 0.6) is 0 Å². The van der Waals surface area contributed by atoms with E-state index in [1.165, 1.54) is 11.2 Å². The summed E-state index contributed by atoms with van der Waals surface area (Å²) < 4.78 is 5.31. The van der Waals surface area contributed by atoms with Gasteiger partial charge in [0.05, 0.1) is 18.4 Å². The van der Waals surface area contributed by atoms with Crippen LogP contribution >= 0.6 is 11.6 Å². The minimum atomic E-state index is -0.286. The molecule has 2 amide bonds. The van der Waals surface area contributed by atoms with Crippen LogP contribution in [0.2, 0.25) is 5.02 Å². The molecule has 0 saturated carbocycles. The van der Waals surface area contributed by atoms with Gasteiger partial charge in [-0.15, -0.1) is 0 Å². The van der Waals surface area contributed by atoms with E-state index in [0.29, 0.717) is 27.6 Å². The molecule has 0 atom stereocenters. The van der Waals surface area contributed by atoms with Crippen molar-refractivity contribution in [1.29, 1.82) is 0 Å². The van der Waals surface area contributed by atoms with E-state index in [2.05, 4.69) is 0 Å². The first-order valence-electron chi connectivity index (χ1n) is 8.29. The van der Waals surface area contributed by atoms with Crippen molar-refractivity contribution in [2.45, 2.75) is 19.4 Å². The van der Waals surface area contributed by atoms with Crippen LogP contribution < -0.4 is 0 Å². The fraction of sp³-hybridized carbons (Fsp3) is 0.263. The van der Waals surface area contributed by atoms with Gasteiger partial charge < -0.3 is 9.32 Å². The van der Waals surface area contributed by atoms with Gasteiger partial charge in [0, 0.05) is 18.1 Å². The molecule has 2 aliphatic heterocycles. The van der Waals surface area contributed by atoms with Crippen LogP contribution in [0.4, 0.5) is 0 Å². The molecule has 0 spiro atoms. The number of halogens is 1. The standard InChI is InChI=1S/C19H17ClN2O3/c20-14-7-5-13(6-8-14)16-17(21-9-1-2-10-21)19(24)22(18(16)23)12-15-4-3-11-25-15/h3-8,11H,1-2,9-10,12H2. The lowest BCUT2D eigenvalue weighted by molar-refractivity contribution is -0.138. The van der Waals surface area contributed by atoms with Crippen LogP contribution in [0.1, 0.15) is 24.2 Å². The molecule has 6 heteroatoms. The first kappa shape index (κ1) is 16.0. The molecule has 1 saturated heterocycles. The van der Waals surface area contributed by atoms with Gasteiger partial charge in [-0.05, 0) is 42.7 Å². The number of likely N-dealkylation sites (tertiary alicyclic amines) is 1. The summed E-state index contributed by atoms with van der Waals surface area (Å²) >= 11 is 5.97. The number of hydrogen-bond acceptors (Lipinski definition) is 4. The third-order valence-corrected chi connectivity index (χ3v) is 4.84. The first-order chi connectivity index (χ1) is 12.1. The number of amides is 2. The minimum Gasteiger partial charge on any atom is -0.467 e.